The molecule has 1 aromatic heterocycles. The van der Waals surface area contributed by atoms with E-state index in [4.69, 9.17) is 0 Å². The third kappa shape index (κ3) is 3.27. The second-order valence-corrected chi connectivity index (χ2v) is 5.22. The summed E-state index contributed by atoms with van der Waals surface area (Å²) < 4.78 is 0. The van der Waals surface area contributed by atoms with Gasteiger partial charge in [0.2, 0.25) is 0 Å². The van der Waals surface area contributed by atoms with Crippen LogP contribution in [0.25, 0.3) is 0 Å². The van der Waals surface area contributed by atoms with Crippen LogP contribution in [0.3, 0.4) is 0 Å². The Morgan fingerprint density at radius 2 is 2.12 bits per heavy atom. The van der Waals surface area contributed by atoms with E-state index in [0.29, 0.717) is 18.1 Å². The maximum atomic E-state index is 4.06. The summed E-state index contributed by atoms with van der Waals surface area (Å²) in [6, 6.07) is 5.93. The van der Waals surface area contributed by atoms with Gasteiger partial charge >= 0.3 is 0 Å². The predicted molar refractivity (Wildman–Crippen MR) is 70.9 cm³/mol. The molecule has 3 atom stereocenters. The minimum absolute atomic E-state index is 0.415. The highest BCUT2D eigenvalue weighted by Crippen LogP contribution is 2.19. The highest BCUT2D eigenvalue weighted by molar-refractivity contribution is 5.14. The molecule has 3 unspecified atom stereocenters. The van der Waals surface area contributed by atoms with Crippen molar-refractivity contribution in [3.8, 4) is 0 Å². The van der Waals surface area contributed by atoms with Gasteiger partial charge in [0, 0.05) is 30.5 Å². The maximum Gasteiger partial charge on any atom is 0.0295 e. The van der Waals surface area contributed by atoms with Crippen molar-refractivity contribution >= 4 is 0 Å². The van der Waals surface area contributed by atoms with Gasteiger partial charge in [-0.1, -0.05) is 0 Å². The molecule has 0 saturated carbocycles. The summed E-state index contributed by atoms with van der Waals surface area (Å²) in [7, 11) is 2.22. The van der Waals surface area contributed by atoms with Crippen LogP contribution in [0.2, 0.25) is 0 Å². The zero-order valence-electron chi connectivity index (χ0n) is 11.1. The van der Waals surface area contributed by atoms with Crippen molar-refractivity contribution in [2.75, 3.05) is 13.6 Å². The highest BCUT2D eigenvalue weighted by Gasteiger charge is 2.23. The molecule has 94 valence electrons. The lowest BCUT2D eigenvalue weighted by molar-refractivity contribution is 0.163. The molecular weight excluding hydrogens is 210 g/mol. The molecule has 1 N–H and O–H groups in total. The van der Waals surface area contributed by atoms with Gasteiger partial charge in [0.25, 0.3) is 0 Å². The van der Waals surface area contributed by atoms with E-state index < -0.39 is 0 Å². The number of pyridine rings is 1. The van der Waals surface area contributed by atoms with Crippen LogP contribution in [0, 0.1) is 0 Å². The lowest BCUT2D eigenvalue weighted by Crippen LogP contribution is -2.46. The van der Waals surface area contributed by atoms with Crippen LogP contribution < -0.4 is 5.32 Å². The molecule has 1 fully saturated rings. The van der Waals surface area contributed by atoms with Crippen LogP contribution >= 0.6 is 0 Å². The number of rotatable bonds is 3. The summed E-state index contributed by atoms with van der Waals surface area (Å²) >= 11 is 0. The number of nitrogens with one attached hydrogen (secondary N) is 1. The number of hydrogen-bond acceptors (Lipinski definition) is 3. The van der Waals surface area contributed by atoms with Crippen molar-refractivity contribution in [2.24, 2.45) is 0 Å². The number of piperidine rings is 1. The van der Waals surface area contributed by atoms with Gasteiger partial charge in [-0.25, -0.2) is 0 Å². The normalized spacial score (nSPS) is 27.9. The van der Waals surface area contributed by atoms with Gasteiger partial charge in [0.1, 0.15) is 0 Å². The standard InChI is InChI=1S/C14H23N3/c1-11-10-14(6-9-17(11)3)16-12(2)13-4-7-15-8-5-13/h4-5,7-8,11-12,14,16H,6,9-10H2,1-3H3. The average molecular weight is 233 g/mol. The van der Waals surface area contributed by atoms with Crippen molar-refractivity contribution in [1.82, 2.24) is 15.2 Å². The molecule has 1 aromatic rings. The van der Waals surface area contributed by atoms with E-state index in [9.17, 15) is 0 Å². The molecule has 2 rings (SSSR count). The molecule has 17 heavy (non-hydrogen) atoms. The van der Waals surface area contributed by atoms with Gasteiger partial charge in [0.15, 0.2) is 0 Å². The van der Waals surface area contributed by atoms with E-state index in [1.165, 1.54) is 24.9 Å². The van der Waals surface area contributed by atoms with Gasteiger partial charge in [-0.05, 0) is 58.0 Å². The fraction of sp³-hybridized carbons (Fsp3) is 0.643. The van der Waals surface area contributed by atoms with E-state index in [0.717, 1.165) is 0 Å². The summed E-state index contributed by atoms with van der Waals surface area (Å²) in [5.74, 6) is 0. The number of likely N-dealkylation sites (tertiary alicyclic amines) is 1. The summed E-state index contributed by atoms with van der Waals surface area (Å²) in [6.45, 7) is 5.74. The van der Waals surface area contributed by atoms with Gasteiger partial charge in [-0.15, -0.1) is 0 Å². The molecule has 1 aliphatic rings. The van der Waals surface area contributed by atoms with Crippen LogP contribution in [-0.2, 0) is 0 Å². The van der Waals surface area contributed by atoms with Crippen molar-refractivity contribution in [3.05, 3.63) is 30.1 Å². The summed E-state index contributed by atoms with van der Waals surface area (Å²) in [6.07, 6.45) is 6.22. The minimum atomic E-state index is 0.415. The Labute approximate surface area is 104 Å². The summed E-state index contributed by atoms with van der Waals surface area (Å²) in [4.78, 5) is 6.50. The van der Waals surface area contributed by atoms with Crippen LogP contribution in [-0.4, -0.2) is 35.6 Å². The Balaban J connectivity index is 1.89. The van der Waals surface area contributed by atoms with E-state index in [1.54, 1.807) is 0 Å². The van der Waals surface area contributed by atoms with Crippen LogP contribution in [0.1, 0.15) is 38.3 Å². The third-order valence-corrected chi connectivity index (χ3v) is 3.90. The van der Waals surface area contributed by atoms with E-state index in [2.05, 4.69) is 48.2 Å². The average Bonchev–Trinajstić information content (AvgIpc) is 2.35. The van der Waals surface area contributed by atoms with Crippen molar-refractivity contribution in [2.45, 2.75) is 44.8 Å². The first kappa shape index (κ1) is 12.5. The second-order valence-electron chi connectivity index (χ2n) is 5.22. The first-order chi connectivity index (χ1) is 8.16. The minimum Gasteiger partial charge on any atom is -0.307 e. The summed E-state index contributed by atoms with van der Waals surface area (Å²) in [5.41, 5.74) is 1.33. The van der Waals surface area contributed by atoms with E-state index in [-0.39, 0.29) is 0 Å². The lowest BCUT2D eigenvalue weighted by atomic mass is 9.97. The molecule has 3 nitrogen and oxygen atoms in total. The van der Waals surface area contributed by atoms with Crippen LogP contribution in [0.5, 0.6) is 0 Å². The second kappa shape index (κ2) is 5.61. The number of nitrogens with zero attached hydrogens (tertiary/aromatic N) is 2. The first-order valence-corrected chi connectivity index (χ1v) is 6.53. The monoisotopic (exact) mass is 233 g/mol. The third-order valence-electron chi connectivity index (χ3n) is 3.90. The van der Waals surface area contributed by atoms with Crippen molar-refractivity contribution < 1.29 is 0 Å². The smallest absolute Gasteiger partial charge is 0.0295 e. The van der Waals surface area contributed by atoms with Crippen LogP contribution in [0.4, 0.5) is 0 Å². The first-order valence-electron chi connectivity index (χ1n) is 6.53. The molecule has 0 aliphatic carbocycles. The van der Waals surface area contributed by atoms with Gasteiger partial charge < -0.3 is 10.2 Å². The highest BCUT2D eigenvalue weighted by atomic mass is 15.1. The van der Waals surface area contributed by atoms with E-state index >= 15 is 0 Å². The Kier molecular flexibility index (Phi) is 4.13. The zero-order chi connectivity index (χ0) is 12.3. The largest absolute Gasteiger partial charge is 0.307 e. The molecule has 0 bridgehead atoms. The van der Waals surface area contributed by atoms with E-state index in [1.807, 2.05) is 12.4 Å². The quantitative estimate of drug-likeness (QED) is 0.867. The molecule has 0 amide bonds. The fourth-order valence-corrected chi connectivity index (χ4v) is 2.54. The Morgan fingerprint density at radius 3 is 2.76 bits per heavy atom. The molecular formula is C14H23N3. The van der Waals surface area contributed by atoms with Crippen LogP contribution in [0.15, 0.2) is 24.5 Å². The van der Waals surface area contributed by atoms with Crippen molar-refractivity contribution in [3.63, 3.8) is 0 Å². The summed E-state index contributed by atoms with van der Waals surface area (Å²) in [5, 5.41) is 3.73. The Hall–Kier alpha value is -0.930. The Bertz CT molecular complexity index is 339. The molecule has 3 heteroatoms. The molecule has 0 spiro atoms. The topological polar surface area (TPSA) is 28.2 Å². The van der Waals surface area contributed by atoms with Gasteiger partial charge in [-0.2, -0.15) is 0 Å². The fourth-order valence-electron chi connectivity index (χ4n) is 2.54. The number of aromatic nitrogens is 1. The molecule has 2 heterocycles. The predicted octanol–water partition coefficient (Wildman–Crippen LogP) is 2.21. The maximum absolute atomic E-state index is 4.06. The van der Waals surface area contributed by atoms with Crippen molar-refractivity contribution in [1.29, 1.82) is 0 Å². The Morgan fingerprint density at radius 1 is 1.41 bits per heavy atom. The molecule has 0 radical (unpaired) electrons. The molecule has 1 saturated heterocycles. The molecule has 1 aliphatic heterocycles. The lowest BCUT2D eigenvalue weighted by Gasteiger charge is -2.36. The number of hydrogen-bond donors (Lipinski definition) is 1. The van der Waals surface area contributed by atoms with Gasteiger partial charge in [0.05, 0.1) is 0 Å². The molecule has 0 aromatic carbocycles. The zero-order valence-corrected chi connectivity index (χ0v) is 11.1. The SMILES string of the molecule is CC(NC1CCN(C)C(C)C1)c1ccncc1. The van der Waals surface area contributed by atoms with Gasteiger partial charge in [-0.3, -0.25) is 4.98 Å².